The van der Waals surface area contributed by atoms with Gasteiger partial charge in [-0.3, -0.25) is 4.79 Å². The number of carbonyl (C=O) groups is 1. The highest BCUT2D eigenvalue weighted by Crippen LogP contribution is 2.19. The summed E-state index contributed by atoms with van der Waals surface area (Å²) in [6.07, 6.45) is 1.69. The maximum Gasteiger partial charge on any atom is 0.233 e. The van der Waals surface area contributed by atoms with Gasteiger partial charge in [0.05, 0.1) is 12.9 Å². The molecule has 0 fully saturated rings. The lowest BCUT2D eigenvalue weighted by Crippen LogP contribution is -2.27. The van der Waals surface area contributed by atoms with E-state index in [0.29, 0.717) is 12.3 Å². The number of hydrogen-bond donors (Lipinski definition) is 0. The fraction of sp³-hybridized carbons (Fsp3) is 0.438. The second-order valence-electron chi connectivity index (χ2n) is 5.50. The standard InChI is InChI=1S/C16H22N4O2S/c1-12(2)20-11-17-18-16(20)23-10-15(21)19(3)9-13-5-7-14(22-4)8-6-13/h5-8,11-12H,9-10H2,1-4H3. The number of carbonyl (C=O) groups excluding carboxylic acids is 1. The third-order valence-corrected chi connectivity index (χ3v) is 4.37. The number of thioether (sulfide) groups is 1. The Morgan fingerprint density at radius 2 is 2.04 bits per heavy atom. The summed E-state index contributed by atoms with van der Waals surface area (Å²) in [5.41, 5.74) is 1.07. The quantitative estimate of drug-likeness (QED) is 0.729. The van der Waals surface area contributed by atoms with Gasteiger partial charge in [0.2, 0.25) is 5.91 Å². The van der Waals surface area contributed by atoms with Crippen molar-refractivity contribution in [2.75, 3.05) is 19.9 Å². The lowest BCUT2D eigenvalue weighted by Gasteiger charge is -2.17. The second-order valence-corrected chi connectivity index (χ2v) is 6.44. The zero-order chi connectivity index (χ0) is 16.8. The van der Waals surface area contributed by atoms with Gasteiger partial charge in [-0.2, -0.15) is 0 Å². The van der Waals surface area contributed by atoms with Crippen LogP contribution in [0.2, 0.25) is 0 Å². The van der Waals surface area contributed by atoms with Gasteiger partial charge in [0.15, 0.2) is 5.16 Å². The van der Waals surface area contributed by atoms with E-state index in [-0.39, 0.29) is 11.9 Å². The molecule has 1 amide bonds. The molecular weight excluding hydrogens is 312 g/mol. The summed E-state index contributed by atoms with van der Waals surface area (Å²) < 4.78 is 7.09. The van der Waals surface area contributed by atoms with Crippen LogP contribution in [0.15, 0.2) is 35.7 Å². The van der Waals surface area contributed by atoms with Crippen LogP contribution in [-0.2, 0) is 11.3 Å². The van der Waals surface area contributed by atoms with Crippen LogP contribution in [0.25, 0.3) is 0 Å². The van der Waals surface area contributed by atoms with Crippen molar-refractivity contribution >= 4 is 17.7 Å². The average molecular weight is 334 g/mol. The summed E-state index contributed by atoms with van der Waals surface area (Å²) in [6.45, 7) is 4.69. The molecule has 0 aliphatic heterocycles. The minimum atomic E-state index is 0.0594. The Morgan fingerprint density at radius 1 is 1.35 bits per heavy atom. The van der Waals surface area contributed by atoms with Gasteiger partial charge >= 0.3 is 0 Å². The monoisotopic (exact) mass is 334 g/mol. The van der Waals surface area contributed by atoms with Gasteiger partial charge in [0.25, 0.3) is 0 Å². The third-order valence-electron chi connectivity index (χ3n) is 3.43. The molecule has 0 spiro atoms. The molecule has 0 unspecified atom stereocenters. The van der Waals surface area contributed by atoms with E-state index in [4.69, 9.17) is 4.74 Å². The summed E-state index contributed by atoms with van der Waals surface area (Å²) in [5, 5.41) is 8.74. The Labute approximate surface area is 140 Å². The zero-order valence-electron chi connectivity index (χ0n) is 13.9. The van der Waals surface area contributed by atoms with E-state index < -0.39 is 0 Å². The smallest absolute Gasteiger partial charge is 0.233 e. The van der Waals surface area contributed by atoms with Crippen LogP contribution in [-0.4, -0.2) is 45.5 Å². The number of benzene rings is 1. The molecule has 0 saturated heterocycles. The minimum absolute atomic E-state index is 0.0594. The van der Waals surface area contributed by atoms with Crippen LogP contribution in [0.5, 0.6) is 5.75 Å². The molecule has 1 heterocycles. The van der Waals surface area contributed by atoms with Gasteiger partial charge in [-0.25, -0.2) is 0 Å². The van der Waals surface area contributed by atoms with Crippen molar-refractivity contribution in [3.63, 3.8) is 0 Å². The fourth-order valence-corrected chi connectivity index (χ4v) is 3.00. The Morgan fingerprint density at radius 3 is 2.65 bits per heavy atom. The van der Waals surface area contributed by atoms with E-state index in [2.05, 4.69) is 24.0 Å². The molecule has 2 aromatic rings. The summed E-state index contributed by atoms with van der Waals surface area (Å²) in [7, 11) is 3.44. The van der Waals surface area contributed by atoms with E-state index in [1.807, 2.05) is 28.8 Å². The van der Waals surface area contributed by atoms with Gasteiger partial charge < -0.3 is 14.2 Å². The molecule has 0 radical (unpaired) electrons. The molecule has 124 valence electrons. The van der Waals surface area contributed by atoms with E-state index in [1.165, 1.54) is 11.8 Å². The van der Waals surface area contributed by atoms with Crippen LogP contribution in [0.4, 0.5) is 0 Å². The van der Waals surface area contributed by atoms with E-state index in [0.717, 1.165) is 16.5 Å². The topological polar surface area (TPSA) is 60.2 Å². The van der Waals surface area contributed by atoms with Crippen molar-refractivity contribution in [3.8, 4) is 5.75 Å². The number of amides is 1. The fourth-order valence-electron chi connectivity index (χ4n) is 2.02. The van der Waals surface area contributed by atoms with E-state index in [9.17, 15) is 4.79 Å². The van der Waals surface area contributed by atoms with Crippen LogP contribution < -0.4 is 4.74 Å². The van der Waals surface area contributed by atoms with Crippen LogP contribution in [0.1, 0.15) is 25.5 Å². The SMILES string of the molecule is COc1ccc(CN(C)C(=O)CSc2nncn2C(C)C)cc1. The predicted octanol–water partition coefficient (Wildman–Crippen LogP) is 2.62. The highest BCUT2D eigenvalue weighted by atomic mass is 32.2. The molecule has 23 heavy (non-hydrogen) atoms. The lowest BCUT2D eigenvalue weighted by molar-refractivity contribution is -0.127. The molecular formula is C16H22N4O2S. The highest BCUT2D eigenvalue weighted by molar-refractivity contribution is 7.99. The van der Waals surface area contributed by atoms with Gasteiger partial charge in [-0.05, 0) is 31.5 Å². The first-order chi connectivity index (χ1) is 11.0. The van der Waals surface area contributed by atoms with Gasteiger partial charge in [-0.1, -0.05) is 23.9 Å². The highest BCUT2D eigenvalue weighted by Gasteiger charge is 2.14. The molecule has 0 saturated carbocycles. The van der Waals surface area contributed by atoms with Crippen molar-refractivity contribution in [2.24, 2.45) is 0 Å². The Kier molecular flexibility index (Phi) is 6.04. The van der Waals surface area contributed by atoms with Crippen molar-refractivity contribution < 1.29 is 9.53 Å². The number of methoxy groups -OCH3 is 1. The van der Waals surface area contributed by atoms with Crippen molar-refractivity contribution in [1.82, 2.24) is 19.7 Å². The van der Waals surface area contributed by atoms with Crippen molar-refractivity contribution in [1.29, 1.82) is 0 Å². The Hall–Kier alpha value is -2.02. The summed E-state index contributed by atoms with van der Waals surface area (Å²) >= 11 is 1.41. The average Bonchev–Trinajstić information content (AvgIpc) is 3.02. The van der Waals surface area contributed by atoms with Gasteiger partial charge in [-0.15, -0.1) is 10.2 Å². The van der Waals surface area contributed by atoms with E-state index >= 15 is 0 Å². The van der Waals surface area contributed by atoms with Crippen LogP contribution >= 0.6 is 11.8 Å². The summed E-state index contributed by atoms with van der Waals surface area (Å²) in [5.74, 6) is 1.22. The van der Waals surface area contributed by atoms with E-state index in [1.54, 1.807) is 25.4 Å². The lowest BCUT2D eigenvalue weighted by atomic mass is 10.2. The maximum atomic E-state index is 12.3. The molecule has 0 aliphatic rings. The summed E-state index contributed by atoms with van der Waals surface area (Å²) in [6, 6.07) is 8.00. The molecule has 2 rings (SSSR count). The minimum Gasteiger partial charge on any atom is -0.497 e. The molecule has 0 aliphatic carbocycles. The predicted molar refractivity (Wildman–Crippen MR) is 90.6 cm³/mol. The molecule has 6 nitrogen and oxygen atoms in total. The number of rotatable bonds is 7. The maximum absolute atomic E-state index is 12.3. The van der Waals surface area contributed by atoms with Gasteiger partial charge in [0.1, 0.15) is 12.1 Å². The number of hydrogen-bond acceptors (Lipinski definition) is 5. The first-order valence-electron chi connectivity index (χ1n) is 7.40. The van der Waals surface area contributed by atoms with Crippen LogP contribution in [0.3, 0.4) is 0 Å². The first-order valence-corrected chi connectivity index (χ1v) is 8.39. The molecule has 0 atom stereocenters. The molecule has 1 aromatic carbocycles. The number of aromatic nitrogens is 3. The number of nitrogens with zero attached hydrogens (tertiary/aromatic N) is 4. The molecule has 0 N–H and O–H groups in total. The van der Waals surface area contributed by atoms with Crippen molar-refractivity contribution in [3.05, 3.63) is 36.2 Å². The van der Waals surface area contributed by atoms with Gasteiger partial charge in [0, 0.05) is 19.6 Å². The number of ether oxygens (including phenoxy) is 1. The van der Waals surface area contributed by atoms with Crippen molar-refractivity contribution in [2.45, 2.75) is 31.6 Å². The largest absolute Gasteiger partial charge is 0.497 e. The third kappa shape index (κ3) is 4.72. The summed E-state index contributed by atoms with van der Waals surface area (Å²) in [4.78, 5) is 14.0. The Bertz CT molecular complexity index is 640. The first kappa shape index (κ1) is 17.3. The molecule has 1 aromatic heterocycles. The normalized spacial score (nSPS) is 10.8. The Balaban J connectivity index is 1.88. The van der Waals surface area contributed by atoms with Crippen LogP contribution in [0, 0.1) is 0 Å². The molecule has 0 bridgehead atoms. The second kappa shape index (κ2) is 8.01. The molecule has 7 heteroatoms. The zero-order valence-corrected chi connectivity index (χ0v) is 14.7.